The fraction of sp³-hybridized carbons (Fsp3) is 0.154. The smallest absolute Gasteiger partial charge is 0.138 e. The van der Waals surface area contributed by atoms with Crippen molar-refractivity contribution in [3.8, 4) is 5.75 Å². The second-order valence-electron chi connectivity index (χ2n) is 3.97. The van der Waals surface area contributed by atoms with Crippen LogP contribution in [0, 0.1) is 13.0 Å². The van der Waals surface area contributed by atoms with Crippen LogP contribution in [0.3, 0.4) is 0 Å². The Morgan fingerprint density at radius 3 is 2.82 bits per heavy atom. The molecule has 0 aliphatic carbocycles. The van der Waals surface area contributed by atoms with Gasteiger partial charge in [-0.25, -0.2) is 0 Å². The van der Waals surface area contributed by atoms with E-state index < -0.39 is 0 Å². The predicted octanol–water partition coefficient (Wildman–Crippen LogP) is 2.32. The van der Waals surface area contributed by atoms with Gasteiger partial charge in [-0.05, 0) is 19.4 Å². The summed E-state index contributed by atoms with van der Waals surface area (Å²) in [4.78, 5) is 12.0. The summed E-state index contributed by atoms with van der Waals surface area (Å²) in [7, 11) is 0. The molecule has 3 nitrogen and oxygen atoms in total. The van der Waals surface area contributed by atoms with Crippen LogP contribution in [0.2, 0.25) is 0 Å². The molecule has 1 aromatic carbocycles. The normalized spacial score (nSPS) is 12.7. The number of allylic oxidation sites excluding steroid dienone is 1. The molecule has 1 aliphatic heterocycles. The average molecular weight is 301 g/mol. The fourth-order valence-corrected chi connectivity index (χ4v) is 1.99. The van der Waals surface area contributed by atoms with Crippen LogP contribution in [0.1, 0.15) is 12.5 Å². The molecule has 83 valence electrons. The van der Waals surface area contributed by atoms with Crippen LogP contribution in [0.4, 0.5) is 0 Å². The van der Waals surface area contributed by atoms with Gasteiger partial charge in [-0.2, -0.15) is 12.1 Å². The second kappa shape index (κ2) is 4.39. The number of hydrogen-bond donors (Lipinski definition) is 0. The van der Waals surface area contributed by atoms with Crippen LogP contribution in [0.5, 0.6) is 5.75 Å². The number of aryl methyl sites for hydroxylation is 1. The minimum Gasteiger partial charge on any atom is -0.519 e. The number of rotatable bonds is 0. The number of hydrogen-bond acceptors (Lipinski definition) is 2. The van der Waals surface area contributed by atoms with Gasteiger partial charge in [-0.15, -0.1) is 6.07 Å². The first-order valence-corrected chi connectivity index (χ1v) is 5.08. The van der Waals surface area contributed by atoms with E-state index in [2.05, 4.69) is 6.07 Å². The van der Waals surface area contributed by atoms with E-state index in [0.29, 0.717) is 11.1 Å². The molecule has 1 aliphatic rings. The molecule has 3 rings (SSSR count). The van der Waals surface area contributed by atoms with Gasteiger partial charge in [0.1, 0.15) is 5.43 Å². The Balaban J connectivity index is 0.00000108. The molecule has 2 heterocycles. The molecule has 0 amide bonds. The summed E-state index contributed by atoms with van der Waals surface area (Å²) in [5.74, 6) is 0.681. The van der Waals surface area contributed by atoms with Crippen LogP contribution in [0.25, 0.3) is 16.6 Å². The van der Waals surface area contributed by atoms with Crippen molar-refractivity contribution >= 4 is 16.6 Å². The third kappa shape index (κ3) is 1.78. The van der Waals surface area contributed by atoms with E-state index in [4.69, 9.17) is 4.74 Å². The van der Waals surface area contributed by atoms with Gasteiger partial charge in [-0.3, -0.25) is 0 Å². The van der Waals surface area contributed by atoms with Crippen LogP contribution in [-0.4, -0.2) is 4.57 Å². The third-order valence-corrected chi connectivity index (χ3v) is 2.83. The summed E-state index contributed by atoms with van der Waals surface area (Å²) in [6.07, 6.45) is 3.53. The van der Waals surface area contributed by atoms with E-state index in [1.165, 1.54) is 0 Å². The van der Waals surface area contributed by atoms with Crippen molar-refractivity contribution in [3.63, 3.8) is 0 Å². The Labute approximate surface area is 124 Å². The molecule has 0 fully saturated rings. The monoisotopic (exact) mass is 301 g/mol. The Bertz CT molecular complexity index is 686. The number of pyridine rings is 1. The molecule has 17 heavy (non-hydrogen) atoms. The molecular weight excluding hydrogens is 291 g/mol. The Kier molecular flexibility index (Phi) is 3.24. The maximum atomic E-state index is 12.0. The van der Waals surface area contributed by atoms with Crippen molar-refractivity contribution in [2.45, 2.75) is 13.8 Å². The number of aromatic nitrogens is 1. The molecule has 0 bridgehead atoms. The third-order valence-electron chi connectivity index (χ3n) is 2.83. The first kappa shape index (κ1) is 12.5. The van der Waals surface area contributed by atoms with E-state index in [0.717, 1.165) is 16.8 Å². The van der Waals surface area contributed by atoms with E-state index in [1.54, 1.807) is 18.4 Å². The van der Waals surface area contributed by atoms with Crippen molar-refractivity contribution in [1.82, 2.24) is 4.57 Å². The fourth-order valence-electron chi connectivity index (χ4n) is 1.99. The number of benzene rings is 1. The minimum atomic E-state index is 0. The Hall–Kier alpha value is -0.926. The zero-order valence-corrected chi connectivity index (χ0v) is 12.5. The summed E-state index contributed by atoms with van der Waals surface area (Å²) in [6.45, 7) is 3.77. The Morgan fingerprint density at radius 2 is 2.06 bits per heavy atom. The van der Waals surface area contributed by atoms with Crippen molar-refractivity contribution in [2.75, 3.05) is 0 Å². The molecule has 4 heteroatoms. The van der Waals surface area contributed by atoms with Gasteiger partial charge >= 0.3 is 0 Å². The molecule has 0 atom stereocenters. The molecule has 1 aromatic heterocycles. The largest absolute Gasteiger partial charge is 0.519 e. The number of ether oxygens (including phenoxy) is 1. The van der Waals surface area contributed by atoms with E-state index in [-0.39, 0.29) is 38.1 Å². The topological polar surface area (TPSA) is 31.2 Å². The van der Waals surface area contributed by atoms with Crippen molar-refractivity contribution in [1.29, 1.82) is 0 Å². The molecule has 2 aromatic rings. The van der Waals surface area contributed by atoms with Gasteiger partial charge in [0.25, 0.3) is 0 Å². The van der Waals surface area contributed by atoms with Gasteiger partial charge in [0, 0.05) is 50.2 Å². The van der Waals surface area contributed by atoms with E-state index >= 15 is 0 Å². The van der Waals surface area contributed by atoms with Crippen molar-refractivity contribution in [2.24, 2.45) is 0 Å². The minimum absolute atomic E-state index is 0. The van der Waals surface area contributed by atoms with Crippen molar-refractivity contribution in [3.05, 3.63) is 46.4 Å². The number of nitrogens with zero attached hydrogens (tertiary/aromatic N) is 1. The summed E-state index contributed by atoms with van der Waals surface area (Å²) in [5, 5.41) is 0.657. The van der Waals surface area contributed by atoms with Gasteiger partial charge < -0.3 is 14.1 Å². The first-order chi connectivity index (χ1) is 7.68. The molecule has 0 unspecified atom stereocenters. The zero-order valence-electron chi connectivity index (χ0n) is 9.65. The van der Waals surface area contributed by atoms with Crippen molar-refractivity contribution < 1.29 is 37.4 Å². The molecular formula is C13H10NO2Y-. The quantitative estimate of drug-likeness (QED) is 0.699. The predicted molar refractivity (Wildman–Crippen MR) is 62.4 cm³/mol. The van der Waals surface area contributed by atoms with Crippen LogP contribution in [0.15, 0.2) is 29.4 Å². The standard InChI is InChI=1S/C13H10NO2.Y/c1-8-6-14-9(2)7-16-11-5-3-4-10(12(11)14)13(8)15;/h4-7H,1-2H3;/q-1;. The van der Waals surface area contributed by atoms with Gasteiger partial charge in [0.05, 0.1) is 12.0 Å². The van der Waals surface area contributed by atoms with Gasteiger partial charge in [0.2, 0.25) is 0 Å². The Morgan fingerprint density at radius 1 is 1.29 bits per heavy atom. The average Bonchev–Trinajstić information content (AvgIpc) is 2.29. The maximum Gasteiger partial charge on any atom is 0.138 e. The van der Waals surface area contributed by atoms with E-state index in [1.807, 2.05) is 24.6 Å². The second-order valence-corrected chi connectivity index (χ2v) is 3.97. The molecule has 1 radical (unpaired) electrons. The summed E-state index contributed by atoms with van der Waals surface area (Å²) in [5.41, 5.74) is 2.57. The van der Waals surface area contributed by atoms with Crippen LogP contribution >= 0.6 is 0 Å². The SMILES string of the molecule is CC1=COc2c[c-]cc3c(=O)c(C)cn1c23.[Y]. The zero-order chi connectivity index (χ0) is 11.3. The first-order valence-electron chi connectivity index (χ1n) is 5.08. The molecule has 0 N–H and O–H groups in total. The van der Waals surface area contributed by atoms with Gasteiger partial charge in [0.15, 0.2) is 0 Å². The molecule has 0 spiro atoms. The summed E-state index contributed by atoms with van der Waals surface area (Å²) >= 11 is 0. The van der Waals surface area contributed by atoms with E-state index in [9.17, 15) is 4.79 Å². The molecule has 0 saturated carbocycles. The summed E-state index contributed by atoms with van der Waals surface area (Å²) < 4.78 is 7.43. The van der Waals surface area contributed by atoms with Gasteiger partial charge in [-0.1, -0.05) is 5.39 Å². The summed E-state index contributed by atoms with van der Waals surface area (Å²) in [6, 6.07) is 6.39. The maximum absolute atomic E-state index is 12.0. The van der Waals surface area contributed by atoms with Crippen LogP contribution in [-0.2, 0) is 32.7 Å². The molecule has 0 saturated heterocycles. The van der Waals surface area contributed by atoms with Crippen LogP contribution < -0.4 is 10.2 Å².